The molecule has 1 aromatic carbocycles. The fourth-order valence-electron chi connectivity index (χ4n) is 3.31. The number of halogens is 3. The number of ether oxygens (including phenoxy) is 2. The quantitative estimate of drug-likeness (QED) is 0.776. The molecule has 2 aliphatic heterocycles. The molecule has 2 aromatic rings. The van der Waals surface area contributed by atoms with Crippen LogP contribution in [0.2, 0.25) is 0 Å². The van der Waals surface area contributed by atoms with Crippen LogP contribution in [0.3, 0.4) is 0 Å². The van der Waals surface area contributed by atoms with Gasteiger partial charge in [0.05, 0.1) is 12.1 Å². The van der Waals surface area contributed by atoms with Crippen LogP contribution in [0.25, 0.3) is 11.4 Å². The molecule has 160 valence electrons. The fourth-order valence-corrected chi connectivity index (χ4v) is 3.31. The maximum absolute atomic E-state index is 13.3. The van der Waals surface area contributed by atoms with Gasteiger partial charge in [0, 0.05) is 18.0 Å². The van der Waals surface area contributed by atoms with E-state index in [-0.39, 0.29) is 12.4 Å². The summed E-state index contributed by atoms with van der Waals surface area (Å²) in [5.41, 5.74) is 6.38. The van der Waals surface area contributed by atoms with Crippen molar-refractivity contribution < 1.29 is 32.2 Å². The van der Waals surface area contributed by atoms with Crippen molar-refractivity contribution in [3.8, 4) is 17.1 Å². The number of benzene rings is 1. The van der Waals surface area contributed by atoms with Gasteiger partial charge in [-0.2, -0.15) is 13.2 Å². The molecule has 0 saturated carbocycles. The van der Waals surface area contributed by atoms with Crippen molar-refractivity contribution in [3.63, 3.8) is 0 Å². The first kappa shape index (κ1) is 19.9. The van der Waals surface area contributed by atoms with Crippen molar-refractivity contribution in [1.29, 1.82) is 0 Å². The van der Waals surface area contributed by atoms with Crippen molar-refractivity contribution in [2.45, 2.75) is 31.7 Å². The van der Waals surface area contributed by atoms with Crippen LogP contribution in [0.1, 0.15) is 6.92 Å². The van der Waals surface area contributed by atoms with Gasteiger partial charge in [-0.1, -0.05) is 0 Å². The number of alkyl halides is 3. The Bertz CT molecular complexity index is 1010. The van der Waals surface area contributed by atoms with E-state index in [4.69, 9.17) is 10.5 Å². The summed E-state index contributed by atoms with van der Waals surface area (Å²) in [6, 6.07) is 2.29. The summed E-state index contributed by atoms with van der Waals surface area (Å²) in [4.78, 5) is 28.0. The van der Waals surface area contributed by atoms with Crippen LogP contribution in [0.5, 0.6) is 5.75 Å². The number of rotatable bonds is 4. The lowest BCUT2D eigenvalue weighted by Gasteiger charge is -2.21. The highest BCUT2D eigenvalue weighted by Crippen LogP contribution is 2.38. The smallest absolute Gasteiger partial charge is 0.416 e. The van der Waals surface area contributed by atoms with Crippen LogP contribution in [0.15, 0.2) is 24.4 Å². The Balaban J connectivity index is 1.69. The number of carbonyl (C=O) groups is 2. The van der Waals surface area contributed by atoms with Gasteiger partial charge in [0.25, 0.3) is 0 Å². The molecule has 0 bridgehead atoms. The zero-order valence-corrected chi connectivity index (χ0v) is 15.8. The topological polar surface area (TPSA) is 112 Å². The molecule has 0 spiro atoms. The average molecular weight is 425 g/mol. The van der Waals surface area contributed by atoms with Crippen molar-refractivity contribution in [1.82, 2.24) is 9.55 Å². The highest BCUT2D eigenvalue weighted by atomic mass is 19.4. The molecule has 2 amide bonds. The highest BCUT2D eigenvalue weighted by molar-refractivity contribution is 5.90. The summed E-state index contributed by atoms with van der Waals surface area (Å²) >= 11 is 0. The van der Waals surface area contributed by atoms with E-state index in [0.29, 0.717) is 34.3 Å². The maximum atomic E-state index is 13.3. The van der Waals surface area contributed by atoms with Crippen LogP contribution in [-0.4, -0.2) is 53.0 Å². The van der Waals surface area contributed by atoms with Gasteiger partial charge in [0.2, 0.25) is 5.91 Å². The number of nitrogens with zero attached hydrogens (tertiary/aromatic N) is 3. The van der Waals surface area contributed by atoms with Crippen molar-refractivity contribution in [3.05, 3.63) is 24.4 Å². The molecule has 0 radical (unpaired) electrons. The second kappa shape index (κ2) is 7.11. The second-order valence-electron chi connectivity index (χ2n) is 6.95. The normalized spacial score (nSPS) is 19.3. The number of anilines is 2. The van der Waals surface area contributed by atoms with Gasteiger partial charge < -0.3 is 25.1 Å². The zero-order valence-electron chi connectivity index (χ0n) is 15.8. The molecule has 1 fully saturated rings. The number of fused-ring (bicyclic) bond motifs is 3. The monoisotopic (exact) mass is 425 g/mol. The Morgan fingerprint density at radius 3 is 2.83 bits per heavy atom. The number of nitrogens with two attached hydrogens (primary N) is 1. The second-order valence-corrected chi connectivity index (χ2v) is 6.95. The van der Waals surface area contributed by atoms with Gasteiger partial charge in [-0.25, -0.2) is 14.7 Å². The first-order chi connectivity index (χ1) is 14.1. The summed E-state index contributed by atoms with van der Waals surface area (Å²) in [5.74, 6) is 0.117. The predicted molar refractivity (Wildman–Crippen MR) is 99.1 cm³/mol. The highest BCUT2D eigenvalue weighted by Gasteiger charge is 2.52. The van der Waals surface area contributed by atoms with Crippen LogP contribution < -0.4 is 20.7 Å². The van der Waals surface area contributed by atoms with Gasteiger partial charge in [-0.15, -0.1) is 0 Å². The lowest BCUT2D eigenvalue weighted by atomic mass is 10.1. The van der Waals surface area contributed by atoms with Gasteiger partial charge in [-0.3, -0.25) is 4.79 Å². The molecule has 1 saturated heterocycles. The van der Waals surface area contributed by atoms with Crippen LogP contribution in [0, 0.1) is 0 Å². The number of amides is 2. The number of hydrogen-bond acceptors (Lipinski definition) is 6. The fraction of sp³-hybridized carbons (Fsp3) is 0.389. The summed E-state index contributed by atoms with van der Waals surface area (Å²) < 4.78 is 51.8. The molecule has 12 heteroatoms. The molecule has 1 aromatic heterocycles. The molecule has 0 unspecified atom stereocenters. The van der Waals surface area contributed by atoms with E-state index in [1.807, 2.05) is 0 Å². The SMILES string of the molecule is C[C@H](Nc1ccc2c(c1)OCCn1cc(N3C(=O)OC[C@H]3C(F)(F)F)nc1-2)C(N)=O. The van der Waals surface area contributed by atoms with Crippen LogP contribution >= 0.6 is 0 Å². The molecule has 9 nitrogen and oxygen atoms in total. The molecular weight excluding hydrogens is 407 g/mol. The van der Waals surface area contributed by atoms with E-state index in [9.17, 15) is 22.8 Å². The lowest BCUT2D eigenvalue weighted by molar-refractivity contribution is -0.147. The molecule has 30 heavy (non-hydrogen) atoms. The summed E-state index contributed by atoms with van der Waals surface area (Å²) in [5, 5.41) is 2.94. The third-order valence-electron chi connectivity index (χ3n) is 4.88. The standard InChI is InChI=1S/C18H18F3N5O4/c1-9(15(22)27)23-10-2-3-11-12(6-10)29-5-4-25-7-14(24-16(11)25)26-13(18(19,20)21)8-30-17(26)28/h2-3,6-7,9,13,23H,4-5,8H2,1H3,(H2,22,27)/t9-,13-/m0/s1. The van der Waals surface area contributed by atoms with E-state index in [1.165, 1.54) is 6.20 Å². The van der Waals surface area contributed by atoms with Crippen molar-refractivity contribution in [2.24, 2.45) is 5.73 Å². The van der Waals surface area contributed by atoms with Gasteiger partial charge >= 0.3 is 12.3 Å². The summed E-state index contributed by atoms with van der Waals surface area (Å²) in [7, 11) is 0. The number of hydrogen-bond donors (Lipinski definition) is 2. The molecular formula is C18H18F3N5O4. The number of aromatic nitrogens is 2. The molecule has 3 heterocycles. The molecule has 2 atom stereocenters. The van der Waals surface area contributed by atoms with E-state index >= 15 is 0 Å². The largest absolute Gasteiger partial charge is 0.491 e. The van der Waals surface area contributed by atoms with E-state index in [1.54, 1.807) is 29.7 Å². The number of carbonyl (C=O) groups excluding carboxylic acids is 2. The minimum Gasteiger partial charge on any atom is -0.491 e. The maximum Gasteiger partial charge on any atom is 0.416 e. The third kappa shape index (κ3) is 3.48. The van der Waals surface area contributed by atoms with E-state index < -0.39 is 36.9 Å². The molecule has 2 aliphatic rings. The van der Waals surface area contributed by atoms with Gasteiger partial charge in [0.15, 0.2) is 11.9 Å². The van der Waals surface area contributed by atoms with E-state index in [2.05, 4.69) is 15.0 Å². The zero-order chi connectivity index (χ0) is 21.6. The first-order valence-corrected chi connectivity index (χ1v) is 9.08. The van der Waals surface area contributed by atoms with Crippen LogP contribution in [0.4, 0.5) is 29.5 Å². The molecule has 4 rings (SSSR count). The number of primary amides is 1. The van der Waals surface area contributed by atoms with Gasteiger partial charge in [-0.05, 0) is 19.1 Å². The van der Waals surface area contributed by atoms with Crippen molar-refractivity contribution >= 4 is 23.5 Å². The minimum absolute atomic E-state index is 0.146. The van der Waals surface area contributed by atoms with E-state index in [0.717, 1.165) is 0 Å². The Morgan fingerprint density at radius 2 is 2.13 bits per heavy atom. The predicted octanol–water partition coefficient (Wildman–Crippen LogP) is 2.12. The van der Waals surface area contributed by atoms with Crippen LogP contribution in [-0.2, 0) is 16.1 Å². The Morgan fingerprint density at radius 1 is 1.37 bits per heavy atom. The molecule has 3 N–H and O–H groups in total. The summed E-state index contributed by atoms with van der Waals surface area (Å²) in [6.07, 6.45) is -4.37. The lowest BCUT2D eigenvalue weighted by Crippen LogP contribution is -2.44. The average Bonchev–Trinajstić information content (AvgIpc) is 3.21. The Labute approximate surface area is 168 Å². The molecule has 0 aliphatic carbocycles. The third-order valence-corrected chi connectivity index (χ3v) is 4.88. The Kier molecular flexibility index (Phi) is 4.71. The Hall–Kier alpha value is -3.44. The van der Waals surface area contributed by atoms with Gasteiger partial charge in [0.1, 0.15) is 30.8 Å². The number of cyclic esters (lactones) is 1. The number of imidazole rings is 1. The number of nitrogens with one attached hydrogen (secondary N) is 1. The first-order valence-electron chi connectivity index (χ1n) is 9.08. The minimum atomic E-state index is -4.65. The summed E-state index contributed by atoms with van der Waals surface area (Å²) in [6.45, 7) is 1.38. The van der Waals surface area contributed by atoms with Crippen molar-refractivity contribution in [2.75, 3.05) is 23.4 Å².